The zero-order valence-corrected chi connectivity index (χ0v) is 10.6. The van der Waals surface area contributed by atoms with Gasteiger partial charge < -0.3 is 9.88 Å². The molecule has 0 aromatic carbocycles. The third-order valence-electron chi connectivity index (χ3n) is 2.31. The number of Topliss-reactive ketones (excluding diaryl/α,β-unsaturated/α-hetero) is 1. The van der Waals surface area contributed by atoms with Crippen molar-refractivity contribution in [1.29, 1.82) is 0 Å². The summed E-state index contributed by atoms with van der Waals surface area (Å²) in [5.74, 6) is 1.03. The Bertz CT molecular complexity index is 349. The molecular weight excluding hydrogens is 202 g/mol. The van der Waals surface area contributed by atoms with Gasteiger partial charge in [-0.05, 0) is 27.7 Å². The van der Waals surface area contributed by atoms with E-state index in [1.165, 1.54) is 0 Å². The number of imidazole rings is 1. The molecule has 1 aromatic heterocycles. The zero-order chi connectivity index (χ0) is 12.2. The highest BCUT2D eigenvalue weighted by Gasteiger charge is 2.13. The van der Waals surface area contributed by atoms with Crippen molar-refractivity contribution in [2.75, 3.05) is 6.54 Å². The summed E-state index contributed by atoms with van der Waals surface area (Å²) in [6.07, 6.45) is 4.05. The fraction of sp³-hybridized carbons (Fsp3) is 0.667. The van der Waals surface area contributed by atoms with Crippen molar-refractivity contribution in [3.05, 3.63) is 18.2 Å². The van der Waals surface area contributed by atoms with Gasteiger partial charge in [0, 0.05) is 24.5 Å². The van der Waals surface area contributed by atoms with E-state index in [4.69, 9.17) is 0 Å². The molecule has 0 aliphatic rings. The van der Waals surface area contributed by atoms with Crippen molar-refractivity contribution in [2.45, 2.75) is 46.2 Å². The van der Waals surface area contributed by atoms with Crippen molar-refractivity contribution in [3.8, 4) is 0 Å². The van der Waals surface area contributed by atoms with Gasteiger partial charge in [-0.2, -0.15) is 0 Å². The molecule has 0 fully saturated rings. The van der Waals surface area contributed by atoms with Gasteiger partial charge in [0.15, 0.2) is 5.78 Å². The smallest absolute Gasteiger partial charge is 0.154 e. The molecule has 0 bridgehead atoms. The van der Waals surface area contributed by atoms with Crippen molar-refractivity contribution < 1.29 is 4.79 Å². The number of hydrogen-bond acceptors (Lipinski definition) is 3. The first kappa shape index (κ1) is 12.9. The number of hydrogen-bond donors (Lipinski definition) is 1. The molecule has 1 aromatic rings. The molecule has 4 nitrogen and oxygen atoms in total. The predicted molar refractivity (Wildman–Crippen MR) is 64.4 cm³/mol. The summed E-state index contributed by atoms with van der Waals surface area (Å²) in [5, 5.41) is 3.18. The van der Waals surface area contributed by atoms with Crippen LogP contribution in [-0.4, -0.2) is 27.4 Å². The summed E-state index contributed by atoms with van der Waals surface area (Å²) in [6.45, 7) is 9.45. The maximum absolute atomic E-state index is 11.7. The molecule has 0 aliphatic carbocycles. The molecule has 1 N–H and O–H groups in total. The maximum atomic E-state index is 11.7. The summed E-state index contributed by atoms with van der Waals surface area (Å²) in [5.41, 5.74) is -0.0180. The number of ketones is 1. The molecule has 90 valence electrons. The fourth-order valence-electron chi connectivity index (χ4n) is 1.40. The van der Waals surface area contributed by atoms with Gasteiger partial charge in [0.2, 0.25) is 0 Å². The lowest BCUT2D eigenvalue weighted by atomic mass is 10.1. The van der Waals surface area contributed by atoms with Crippen LogP contribution in [0.2, 0.25) is 0 Å². The van der Waals surface area contributed by atoms with E-state index in [0.29, 0.717) is 13.0 Å². The summed E-state index contributed by atoms with van der Waals surface area (Å²) in [4.78, 5) is 15.9. The Morgan fingerprint density at radius 3 is 2.75 bits per heavy atom. The molecule has 16 heavy (non-hydrogen) atoms. The van der Waals surface area contributed by atoms with E-state index in [-0.39, 0.29) is 11.3 Å². The van der Waals surface area contributed by atoms with Crippen LogP contribution in [0.4, 0.5) is 0 Å². The number of rotatable bonds is 5. The van der Waals surface area contributed by atoms with Gasteiger partial charge in [-0.25, -0.2) is 4.98 Å². The Labute approximate surface area is 97.1 Å². The molecule has 0 spiro atoms. The Kier molecular flexibility index (Phi) is 4.24. The topological polar surface area (TPSA) is 46.9 Å². The lowest BCUT2D eigenvalue weighted by Crippen LogP contribution is -2.39. The second kappa shape index (κ2) is 5.25. The van der Waals surface area contributed by atoms with Crippen LogP contribution in [0.15, 0.2) is 12.4 Å². The van der Waals surface area contributed by atoms with Gasteiger partial charge in [-0.1, -0.05) is 0 Å². The summed E-state index contributed by atoms with van der Waals surface area (Å²) in [7, 11) is 0. The first-order valence-electron chi connectivity index (χ1n) is 5.69. The van der Waals surface area contributed by atoms with E-state index < -0.39 is 0 Å². The van der Waals surface area contributed by atoms with Crippen LogP contribution >= 0.6 is 0 Å². The fourth-order valence-corrected chi connectivity index (χ4v) is 1.40. The largest absolute Gasteiger partial charge is 0.335 e. The molecule has 1 heterocycles. The summed E-state index contributed by atoms with van der Waals surface area (Å²) >= 11 is 0. The quantitative estimate of drug-likeness (QED) is 0.821. The van der Waals surface area contributed by atoms with Gasteiger partial charge in [0.25, 0.3) is 0 Å². The Morgan fingerprint density at radius 2 is 2.19 bits per heavy atom. The number of aryl methyl sites for hydroxylation is 1. The second-order valence-electron chi connectivity index (χ2n) is 4.95. The minimum absolute atomic E-state index is 0.0180. The number of carbonyl (C=O) groups excluding carboxylic acids is 1. The van der Waals surface area contributed by atoms with Gasteiger partial charge >= 0.3 is 0 Å². The van der Waals surface area contributed by atoms with Crippen LogP contribution in [0.25, 0.3) is 0 Å². The first-order chi connectivity index (χ1) is 7.42. The highest BCUT2D eigenvalue weighted by molar-refractivity contribution is 5.82. The molecule has 4 heteroatoms. The third kappa shape index (κ3) is 4.14. The first-order valence-corrected chi connectivity index (χ1v) is 5.69. The van der Waals surface area contributed by atoms with Crippen LogP contribution in [0, 0.1) is 0 Å². The lowest BCUT2D eigenvalue weighted by Gasteiger charge is -2.19. The number of nitrogens with zero attached hydrogens (tertiary/aromatic N) is 2. The van der Waals surface area contributed by atoms with Crippen molar-refractivity contribution >= 4 is 5.78 Å². The molecule has 0 unspecified atom stereocenters. The van der Waals surface area contributed by atoms with Crippen LogP contribution in [0.1, 0.15) is 33.5 Å². The van der Waals surface area contributed by atoms with Crippen LogP contribution in [-0.2, 0) is 17.8 Å². The van der Waals surface area contributed by atoms with Gasteiger partial charge in [-0.3, -0.25) is 4.79 Å². The van der Waals surface area contributed by atoms with E-state index in [1.54, 1.807) is 6.20 Å². The highest BCUT2D eigenvalue weighted by atomic mass is 16.1. The van der Waals surface area contributed by atoms with Gasteiger partial charge in [-0.15, -0.1) is 0 Å². The molecule has 0 saturated heterocycles. The Morgan fingerprint density at radius 1 is 1.50 bits per heavy atom. The van der Waals surface area contributed by atoms with Crippen molar-refractivity contribution in [1.82, 2.24) is 14.9 Å². The molecule has 0 atom stereocenters. The summed E-state index contributed by atoms with van der Waals surface area (Å²) in [6, 6.07) is 0. The van der Waals surface area contributed by atoms with Crippen LogP contribution in [0.5, 0.6) is 0 Å². The van der Waals surface area contributed by atoms with Crippen molar-refractivity contribution in [2.24, 2.45) is 0 Å². The van der Waals surface area contributed by atoms with E-state index in [2.05, 4.69) is 10.3 Å². The highest BCUT2D eigenvalue weighted by Crippen LogP contribution is 2.01. The van der Waals surface area contributed by atoms with Crippen LogP contribution < -0.4 is 5.32 Å². The van der Waals surface area contributed by atoms with Crippen molar-refractivity contribution in [3.63, 3.8) is 0 Å². The van der Waals surface area contributed by atoms with Gasteiger partial charge in [0.05, 0.1) is 13.0 Å². The molecule has 0 aliphatic heterocycles. The Balaban J connectivity index is 2.46. The average molecular weight is 223 g/mol. The second-order valence-corrected chi connectivity index (χ2v) is 4.95. The lowest BCUT2D eigenvalue weighted by molar-refractivity contribution is -0.118. The molecule has 0 radical (unpaired) electrons. The number of carbonyl (C=O) groups is 1. The monoisotopic (exact) mass is 223 g/mol. The van der Waals surface area contributed by atoms with E-state index in [0.717, 1.165) is 12.4 Å². The number of nitrogens with one attached hydrogen (secondary N) is 1. The maximum Gasteiger partial charge on any atom is 0.154 e. The summed E-state index contributed by atoms with van der Waals surface area (Å²) < 4.78 is 2.00. The average Bonchev–Trinajstić information content (AvgIpc) is 2.61. The number of aromatic nitrogens is 2. The third-order valence-corrected chi connectivity index (χ3v) is 2.31. The molecule has 1 rings (SSSR count). The standard InChI is InChI=1S/C12H21N3O/c1-5-15-7-6-13-11(15)8-10(16)9-14-12(2,3)4/h6-7,14H,5,8-9H2,1-4H3. The zero-order valence-electron chi connectivity index (χ0n) is 10.6. The molecule has 0 saturated carbocycles. The van der Waals surface area contributed by atoms with Crippen LogP contribution in [0.3, 0.4) is 0 Å². The molecular formula is C12H21N3O. The Hall–Kier alpha value is -1.16. The normalized spacial score (nSPS) is 11.8. The van der Waals surface area contributed by atoms with E-state index in [1.807, 2.05) is 38.5 Å². The van der Waals surface area contributed by atoms with E-state index in [9.17, 15) is 4.79 Å². The SMILES string of the molecule is CCn1ccnc1CC(=O)CNC(C)(C)C. The van der Waals surface area contributed by atoms with E-state index >= 15 is 0 Å². The predicted octanol–water partition coefficient (Wildman–Crippen LogP) is 1.40. The minimum Gasteiger partial charge on any atom is -0.335 e. The minimum atomic E-state index is -0.0180. The molecule has 0 amide bonds. The van der Waals surface area contributed by atoms with Gasteiger partial charge in [0.1, 0.15) is 5.82 Å².